The molecule has 0 bridgehead atoms. The van der Waals surface area contributed by atoms with Crippen LogP contribution in [0.5, 0.6) is 0 Å². The summed E-state index contributed by atoms with van der Waals surface area (Å²) in [6.45, 7) is 0.611. The Bertz CT molecular complexity index is 40.7. The molecule has 0 aliphatic rings. The van der Waals surface area contributed by atoms with E-state index in [9.17, 15) is 4.39 Å². The highest BCUT2D eigenvalue weighted by atomic mass is 31.0. The number of halogens is 1. The van der Waals surface area contributed by atoms with Gasteiger partial charge in [0, 0.05) is 6.54 Å². The summed E-state index contributed by atoms with van der Waals surface area (Å²) in [5.41, 5.74) is 0. The molecule has 1 nitrogen and oxygen atoms in total. The van der Waals surface area contributed by atoms with Crippen molar-refractivity contribution in [2.75, 3.05) is 20.3 Å². The van der Waals surface area contributed by atoms with Gasteiger partial charge in [0.25, 0.3) is 0 Å². The Hall–Kier alpha value is 0.320. The zero-order valence-electron chi connectivity index (χ0n) is 4.52. The van der Waals surface area contributed by atoms with E-state index in [2.05, 4.69) is 9.39 Å². The van der Waals surface area contributed by atoms with Crippen LogP contribution in [0.4, 0.5) is 4.39 Å². The summed E-state index contributed by atoms with van der Waals surface area (Å²) >= 11 is 0. The van der Waals surface area contributed by atoms with Gasteiger partial charge in [-0.3, -0.25) is 9.06 Å². The van der Waals surface area contributed by atoms with Gasteiger partial charge >= 0.3 is 0 Å². The van der Waals surface area contributed by atoms with Crippen molar-refractivity contribution in [3.05, 3.63) is 0 Å². The summed E-state index contributed by atoms with van der Waals surface area (Å²) in [7, 11) is 4.38. The molecule has 0 spiro atoms. The molecule has 0 aromatic rings. The van der Waals surface area contributed by atoms with E-state index in [0.29, 0.717) is 6.42 Å². The van der Waals surface area contributed by atoms with Crippen molar-refractivity contribution in [1.82, 2.24) is 4.67 Å². The summed E-state index contributed by atoms with van der Waals surface area (Å²) in [6, 6.07) is 0. The second kappa shape index (κ2) is 4.48. The van der Waals surface area contributed by atoms with Crippen molar-refractivity contribution in [3.63, 3.8) is 0 Å². The van der Waals surface area contributed by atoms with Crippen LogP contribution >= 0.6 is 9.39 Å². The van der Waals surface area contributed by atoms with Crippen LogP contribution in [-0.4, -0.2) is 24.9 Å². The average Bonchev–Trinajstić information content (AvgIpc) is 1.61. The predicted octanol–water partition coefficient (Wildman–Crippen LogP) is 1.07. The molecule has 0 aromatic carbocycles. The van der Waals surface area contributed by atoms with E-state index >= 15 is 0 Å². The van der Waals surface area contributed by atoms with Gasteiger partial charge in [-0.15, -0.1) is 0 Å². The predicted molar refractivity (Wildman–Crippen MR) is 32.9 cm³/mol. The van der Waals surface area contributed by atoms with Crippen LogP contribution in [0.25, 0.3) is 0 Å². The largest absolute Gasteiger partial charge is 0.290 e. The third-order valence-corrected chi connectivity index (χ3v) is 0.903. The van der Waals surface area contributed by atoms with E-state index in [-0.39, 0.29) is 6.67 Å². The minimum Gasteiger partial charge on any atom is -0.290 e. The van der Waals surface area contributed by atoms with Crippen LogP contribution in [0.1, 0.15) is 6.42 Å². The normalized spacial score (nSPS) is 10.3. The van der Waals surface area contributed by atoms with E-state index in [1.54, 1.807) is 0 Å². The molecule has 0 saturated heterocycles. The molecule has 44 valence electrons. The first kappa shape index (κ1) is 7.32. The minimum absolute atomic E-state index is 0.210. The van der Waals surface area contributed by atoms with Gasteiger partial charge in [-0.05, 0) is 13.5 Å². The molecular formula is C4H11FNP. The van der Waals surface area contributed by atoms with Gasteiger partial charge in [-0.25, -0.2) is 0 Å². The molecule has 0 aliphatic heterocycles. The van der Waals surface area contributed by atoms with Gasteiger partial charge in [0.15, 0.2) is 0 Å². The first-order valence-corrected chi connectivity index (χ1v) is 2.81. The standard InChI is InChI=1S/C4H11FNP/c1-6(7)4-2-3-5/h2-4,7H2,1H3. The lowest BCUT2D eigenvalue weighted by molar-refractivity contribution is 0.430. The summed E-state index contributed by atoms with van der Waals surface area (Å²) in [5.74, 6) is 0. The van der Waals surface area contributed by atoms with Gasteiger partial charge in [0.05, 0.1) is 6.67 Å². The fourth-order valence-electron chi connectivity index (χ4n) is 0.309. The second-order valence-electron chi connectivity index (χ2n) is 1.52. The first-order valence-electron chi connectivity index (χ1n) is 2.29. The van der Waals surface area contributed by atoms with Gasteiger partial charge in [-0.2, -0.15) is 0 Å². The van der Waals surface area contributed by atoms with Crippen LogP contribution < -0.4 is 0 Å². The lowest BCUT2D eigenvalue weighted by atomic mass is 10.5. The van der Waals surface area contributed by atoms with Crippen LogP contribution in [0, 0.1) is 0 Å². The van der Waals surface area contributed by atoms with E-state index in [1.807, 2.05) is 11.7 Å². The molecule has 0 heterocycles. The molecule has 0 amide bonds. The fraction of sp³-hybridized carbons (Fsp3) is 1.00. The van der Waals surface area contributed by atoms with Gasteiger partial charge in [0.2, 0.25) is 0 Å². The molecule has 0 N–H and O–H groups in total. The van der Waals surface area contributed by atoms with Crippen molar-refractivity contribution in [2.45, 2.75) is 6.42 Å². The van der Waals surface area contributed by atoms with Crippen molar-refractivity contribution in [3.8, 4) is 0 Å². The molecule has 0 saturated carbocycles. The maximum Gasteiger partial charge on any atom is 0.0906 e. The van der Waals surface area contributed by atoms with Gasteiger partial charge < -0.3 is 0 Å². The maximum absolute atomic E-state index is 11.3. The van der Waals surface area contributed by atoms with E-state index in [1.165, 1.54) is 0 Å². The molecule has 0 fully saturated rings. The Morgan fingerprint density at radius 3 is 2.43 bits per heavy atom. The Kier molecular flexibility index (Phi) is 4.68. The Balaban J connectivity index is 2.68. The molecule has 0 aromatic heterocycles. The third kappa shape index (κ3) is 6.32. The number of hydrogen-bond donors (Lipinski definition) is 0. The van der Waals surface area contributed by atoms with Crippen LogP contribution in [0.3, 0.4) is 0 Å². The molecule has 7 heavy (non-hydrogen) atoms. The second-order valence-corrected chi connectivity index (χ2v) is 2.40. The highest BCUT2D eigenvalue weighted by Crippen LogP contribution is 1.93. The number of hydrogen-bond acceptors (Lipinski definition) is 1. The average molecular weight is 123 g/mol. The van der Waals surface area contributed by atoms with Crippen LogP contribution in [0.2, 0.25) is 0 Å². The smallest absolute Gasteiger partial charge is 0.0906 e. The van der Waals surface area contributed by atoms with Crippen molar-refractivity contribution < 1.29 is 4.39 Å². The monoisotopic (exact) mass is 123 g/mol. The molecule has 1 unspecified atom stereocenters. The summed E-state index contributed by atoms with van der Waals surface area (Å²) < 4.78 is 13.2. The van der Waals surface area contributed by atoms with E-state index in [4.69, 9.17) is 0 Å². The highest BCUT2D eigenvalue weighted by Gasteiger charge is 1.85. The quantitative estimate of drug-likeness (QED) is 0.507. The zero-order chi connectivity index (χ0) is 5.70. The molecule has 0 radical (unpaired) electrons. The van der Waals surface area contributed by atoms with Crippen molar-refractivity contribution in [1.29, 1.82) is 0 Å². The number of nitrogens with zero attached hydrogens (tertiary/aromatic N) is 1. The summed E-state index contributed by atoms with van der Waals surface area (Å²) in [4.78, 5) is 0. The molecule has 0 aliphatic carbocycles. The number of rotatable bonds is 3. The fourth-order valence-corrected chi connectivity index (χ4v) is 0.492. The first-order chi connectivity index (χ1) is 3.27. The Morgan fingerprint density at radius 1 is 1.71 bits per heavy atom. The third-order valence-electron chi connectivity index (χ3n) is 0.644. The Morgan fingerprint density at radius 2 is 2.29 bits per heavy atom. The maximum atomic E-state index is 11.3. The molecule has 1 atom stereocenters. The van der Waals surface area contributed by atoms with E-state index in [0.717, 1.165) is 6.54 Å². The topological polar surface area (TPSA) is 3.24 Å². The highest BCUT2D eigenvalue weighted by molar-refractivity contribution is 7.13. The Labute approximate surface area is 46.1 Å². The van der Waals surface area contributed by atoms with Crippen LogP contribution in [0.15, 0.2) is 0 Å². The van der Waals surface area contributed by atoms with E-state index < -0.39 is 0 Å². The summed E-state index contributed by atoms with van der Waals surface area (Å²) in [5, 5.41) is 0. The van der Waals surface area contributed by atoms with Crippen molar-refractivity contribution in [2.24, 2.45) is 0 Å². The zero-order valence-corrected chi connectivity index (χ0v) is 5.68. The van der Waals surface area contributed by atoms with Gasteiger partial charge in [-0.1, -0.05) is 9.39 Å². The van der Waals surface area contributed by atoms with Gasteiger partial charge in [0.1, 0.15) is 0 Å². The van der Waals surface area contributed by atoms with Crippen molar-refractivity contribution >= 4 is 9.39 Å². The molecule has 3 heteroatoms. The SMILES string of the molecule is CN(P)CCCF. The number of alkyl halides is 1. The summed E-state index contributed by atoms with van der Waals surface area (Å²) in [6.07, 6.45) is 0.639. The lowest BCUT2D eigenvalue weighted by Gasteiger charge is -2.04. The lowest BCUT2D eigenvalue weighted by Crippen LogP contribution is -2.05. The minimum atomic E-state index is -0.210. The molecular weight excluding hydrogens is 112 g/mol. The molecule has 0 rings (SSSR count). The van der Waals surface area contributed by atoms with Crippen LogP contribution in [-0.2, 0) is 0 Å².